The smallest absolute Gasteiger partial charge is 0.176 e. The van der Waals surface area contributed by atoms with Crippen LogP contribution in [0.2, 0.25) is 0 Å². The highest BCUT2D eigenvalue weighted by atomic mass is 16.5. The van der Waals surface area contributed by atoms with Crippen LogP contribution in [0.5, 0.6) is 46.0 Å². The third kappa shape index (κ3) is 11.5. The molecule has 0 amide bonds. The van der Waals surface area contributed by atoms with Crippen molar-refractivity contribution in [1.29, 1.82) is 0 Å². The number of benzene rings is 6. The van der Waals surface area contributed by atoms with Crippen molar-refractivity contribution in [2.75, 3.05) is 7.11 Å². The molecule has 0 radical (unpaired) electrons. The van der Waals surface area contributed by atoms with Crippen LogP contribution in [-0.2, 0) is 17.6 Å². The summed E-state index contributed by atoms with van der Waals surface area (Å²) in [5, 5.41) is 85.1. The molecule has 0 spiro atoms. The molecule has 1 saturated heterocycles. The third-order valence-corrected chi connectivity index (χ3v) is 12.1. The summed E-state index contributed by atoms with van der Waals surface area (Å²) in [6.45, 7) is 0. The Kier molecular flexibility index (Phi) is 14.8. The Bertz CT molecular complexity index is 2570. The highest BCUT2D eigenvalue weighted by Gasteiger charge is 2.45. The van der Waals surface area contributed by atoms with Gasteiger partial charge in [-0.2, -0.15) is 0 Å². The van der Waals surface area contributed by atoms with E-state index in [4.69, 9.17) is 9.47 Å². The van der Waals surface area contributed by atoms with Gasteiger partial charge < -0.3 is 50.3 Å². The summed E-state index contributed by atoms with van der Waals surface area (Å²) < 4.78 is 12.6. The minimum absolute atomic E-state index is 0.00511. The second-order valence-corrected chi connectivity index (χ2v) is 16.5. The van der Waals surface area contributed by atoms with Gasteiger partial charge in [0, 0.05) is 17.5 Å². The van der Waals surface area contributed by atoms with E-state index in [0.717, 1.165) is 16.7 Å². The summed E-state index contributed by atoms with van der Waals surface area (Å²) in [6, 6.07) is 34.4. The number of aromatic hydroxyl groups is 7. The molecule has 0 saturated carbocycles. The van der Waals surface area contributed by atoms with Crippen LogP contribution in [0, 0.1) is 11.8 Å². The van der Waals surface area contributed by atoms with Crippen LogP contribution in [0.4, 0.5) is 0 Å². The number of carbonyl (C=O) groups excluding carboxylic acids is 1. The zero-order valence-electron chi connectivity index (χ0n) is 35.9. The van der Waals surface area contributed by atoms with Gasteiger partial charge in [0.05, 0.1) is 31.3 Å². The third-order valence-electron chi connectivity index (χ3n) is 12.1. The molecule has 0 bridgehead atoms. The van der Waals surface area contributed by atoms with Gasteiger partial charge in [-0.25, -0.2) is 0 Å². The molecule has 336 valence electrons. The second-order valence-electron chi connectivity index (χ2n) is 16.5. The Labute approximate surface area is 378 Å². The number of hydrogen-bond acceptors (Lipinski definition) is 11. The van der Waals surface area contributed by atoms with Gasteiger partial charge in [-0.1, -0.05) is 85.0 Å². The molecule has 6 aromatic carbocycles. The zero-order valence-corrected chi connectivity index (χ0v) is 35.9. The molecule has 0 aromatic heterocycles. The van der Waals surface area contributed by atoms with E-state index in [-0.39, 0.29) is 63.9 Å². The van der Waals surface area contributed by atoms with Crippen molar-refractivity contribution in [1.82, 2.24) is 0 Å². The number of ketones is 1. The number of aliphatic hydroxyl groups is 1. The minimum Gasteiger partial charge on any atom is -0.508 e. The van der Waals surface area contributed by atoms with E-state index in [2.05, 4.69) is 0 Å². The fourth-order valence-electron chi connectivity index (χ4n) is 8.56. The number of ether oxygens (including phenoxy) is 2. The number of methoxy groups -OCH3 is 1. The monoisotopic (exact) mass is 878 g/mol. The predicted molar refractivity (Wildman–Crippen MR) is 248 cm³/mol. The van der Waals surface area contributed by atoms with Gasteiger partial charge in [0.15, 0.2) is 5.78 Å². The van der Waals surface area contributed by atoms with Crippen LogP contribution in [0.15, 0.2) is 146 Å². The Morgan fingerprint density at radius 2 is 1.26 bits per heavy atom. The second kappa shape index (κ2) is 21.0. The average molecular weight is 879 g/mol. The first-order valence-corrected chi connectivity index (χ1v) is 21.6. The van der Waals surface area contributed by atoms with Gasteiger partial charge in [0.1, 0.15) is 51.6 Å². The molecular weight excluding hydrogens is 825 g/mol. The standard InChI is InChI=1S/C54H54O11/c1-64-48-32-47(61)50(46(36-15-26-43(59)27-16-36)4-2-3-39(55)19-6-34-9-22-41(57)23-10-34)53(63)51(48)52(62)49-38(14-5-33-7-20-40(56)21-8-33)31-45(30-13-35-11-24-42(58)25-12-35)65-54(49)37-17-28-44(60)29-18-37/h2,4-5,7-12,14-18,20-29,32,38-39,45-46,49,54-61,63H,3,6,13,19,30-31H2,1H3/b4-2+,14-5+/t38-,39+,45+,46-,49+,54+/m0/s1. The first-order chi connectivity index (χ1) is 31.4. The number of aryl methyl sites for hydroxylation is 2. The molecule has 0 unspecified atom stereocenters. The van der Waals surface area contributed by atoms with Crippen molar-refractivity contribution in [2.24, 2.45) is 11.8 Å². The molecule has 8 N–H and O–H groups in total. The molecule has 1 aliphatic heterocycles. The molecule has 1 heterocycles. The van der Waals surface area contributed by atoms with Crippen molar-refractivity contribution in [3.05, 3.63) is 185 Å². The van der Waals surface area contributed by atoms with E-state index in [1.165, 1.54) is 37.4 Å². The number of phenols is 7. The van der Waals surface area contributed by atoms with E-state index in [0.29, 0.717) is 43.2 Å². The molecular formula is C54H54O11. The van der Waals surface area contributed by atoms with Crippen molar-refractivity contribution >= 4 is 11.9 Å². The maximum atomic E-state index is 15.6. The first kappa shape index (κ1) is 45.8. The van der Waals surface area contributed by atoms with Gasteiger partial charge in [0.25, 0.3) is 0 Å². The fraction of sp³-hybridized carbons (Fsp3) is 0.241. The topological polar surface area (TPSA) is 197 Å². The summed E-state index contributed by atoms with van der Waals surface area (Å²) >= 11 is 0. The van der Waals surface area contributed by atoms with Gasteiger partial charge in [-0.05, 0) is 133 Å². The lowest BCUT2D eigenvalue weighted by molar-refractivity contribution is -0.0938. The molecule has 11 nitrogen and oxygen atoms in total. The van der Waals surface area contributed by atoms with E-state index in [1.54, 1.807) is 97.1 Å². The number of rotatable bonds is 17. The first-order valence-electron chi connectivity index (χ1n) is 21.6. The molecule has 1 fully saturated rings. The predicted octanol–water partition coefficient (Wildman–Crippen LogP) is 10.00. The molecule has 11 heteroatoms. The van der Waals surface area contributed by atoms with Crippen LogP contribution in [0.25, 0.3) is 6.08 Å². The molecule has 0 aliphatic carbocycles. The van der Waals surface area contributed by atoms with Gasteiger partial charge in [-0.15, -0.1) is 0 Å². The molecule has 65 heavy (non-hydrogen) atoms. The lowest BCUT2D eigenvalue weighted by Crippen LogP contribution is -2.40. The molecule has 6 aromatic rings. The van der Waals surface area contributed by atoms with Crippen molar-refractivity contribution in [3.8, 4) is 46.0 Å². The van der Waals surface area contributed by atoms with E-state index < -0.39 is 41.5 Å². The Balaban J connectivity index is 1.28. The van der Waals surface area contributed by atoms with E-state index >= 15 is 4.79 Å². The minimum atomic E-state index is -0.971. The van der Waals surface area contributed by atoms with Crippen LogP contribution in [-0.4, -0.2) is 66.0 Å². The maximum Gasteiger partial charge on any atom is 0.176 e. The molecule has 6 atom stereocenters. The number of carbonyl (C=O) groups is 1. The zero-order chi connectivity index (χ0) is 46.0. The number of phenolic OH excluding ortho intramolecular Hbond substituents is 7. The van der Waals surface area contributed by atoms with Crippen molar-refractivity contribution in [2.45, 2.75) is 62.8 Å². The van der Waals surface area contributed by atoms with Crippen molar-refractivity contribution in [3.63, 3.8) is 0 Å². The lowest BCUT2D eigenvalue weighted by atomic mass is 9.73. The molecule has 7 rings (SSSR count). The van der Waals surface area contributed by atoms with Gasteiger partial charge in [0.2, 0.25) is 0 Å². The largest absolute Gasteiger partial charge is 0.508 e. The van der Waals surface area contributed by atoms with E-state index in [1.807, 2.05) is 24.3 Å². The summed E-state index contributed by atoms with van der Waals surface area (Å²) in [6.07, 6.45) is 8.17. The normalized spacial score (nSPS) is 18.4. The summed E-state index contributed by atoms with van der Waals surface area (Å²) in [5.74, 6) is -3.31. The Morgan fingerprint density at radius 3 is 1.85 bits per heavy atom. The quantitative estimate of drug-likeness (QED) is 0.0321. The Morgan fingerprint density at radius 1 is 0.723 bits per heavy atom. The summed E-state index contributed by atoms with van der Waals surface area (Å²) in [7, 11) is 1.35. The summed E-state index contributed by atoms with van der Waals surface area (Å²) in [4.78, 5) is 15.6. The lowest BCUT2D eigenvalue weighted by Gasteiger charge is -2.41. The highest BCUT2D eigenvalue weighted by Crippen LogP contribution is 2.50. The van der Waals surface area contributed by atoms with Crippen LogP contribution in [0.1, 0.15) is 81.4 Å². The van der Waals surface area contributed by atoms with Gasteiger partial charge >= 0.3 is 0 Å². The summed E-state index contributed by atoms with van der Waals surface area (Å²) in [5.41, 5.74) is 3.75. The number of Topliss-reactive ketones (excluding diaryl/α,β-unsaturated/α-hetero) is 1. The van der Waals surface area contributed by atoms with Gasteiger partial charge in [-0.3, -0.25) is 4.79 Å². The van der Waals surface area contributed by atoms with Crippen LogP contribution >= 0.6 is 0 Å². The van der Waals surface area contributed by atoms with Crippen LogP contribution in [0.3, 0.4) is 0 Å². The number of aliphatic hydroxyl groups excluding tert-OH is 1. The van der Waals surface area contributed by atoms with E-state index in [9.17, 15) is 40.9 Å². The maximum absolute atomic E-state index is 15.6. The Hall–Kier alpha value is -7.21. The van der Waals surface area contributed by atoms with Crippen molar-refractivity contribution < 1.29 is 55.1 Å². The SMILES string of the molecule is COc1cc(O)c([C@@H](/C=C/C[C@@H](O)CCc2ccc(O)cc2)c2ccc(O)cc2)c(O)c1C(=O)[C@@H]1[C@@H](c2ccc(O)cc2)O[C@H](CCc2ccc(O)cc2)C[C@@H]1/C=C/c1ccc(O)cc1. The highest BCUT2D eigenvalue weighted by molar-refractivity contribution is 6.04. The molecule has 1 aliphatic rings. The fourth-order valence-corrected chi connectivity index (χ4v) is 8.56. The average Bonchev–Trinajstić information content (AvgIpc) is 3.30. The number of hydrogen-bond donors (Lipinski definition) is 8. The van der Waals surface area contributed by atoms with Crippen LogP contribution < -0.4 is 4.74 Å². The number of allylic oxidation sites excluding steroid dienone is 2.